The van der Waals surface area contributed by atoms with Gasteiger partial charge in [-0.2, -0.15) is 0 Å². The van der Waals surface area contributed by atoms with Crippen LogP contribution in [0.25, 0.3) is 0 Å². The van der Waals surface area contributed by atoms with Crippen LogP contribution in [0.4, 0.5) is 0 Å². The van der Waals surface area contributed by atoms with E-state index in [-0.39, 0.29) is 13.0 Å². The summed E-state index contributed by atoms with van der Waals surface area (Å²) in [7, 11) is 0. The van der Waals surface area contributed by atoms with Crippen molar-refractivity contribution in [3.63, 3.8) is 0 Å². The van der Waals surface area contributed by atoms with Crippen molar-refractivity contribution in [3.8, 4) is 0 Å². The fraction of sp³-hybridized carbons (Fsp3) is 0.873. The third kappa shape index (κ3) is 52.9. The van der Waals surface area contributed by atoms with Crippen LogP contribution in [-0.2, 0) is 23.8 Å². The molecular weight excluding hydrogens is 1120 g/mol. The molecule has 0 bridgehead atoms. The molecule has 0 spiro atoms. The molecule has 528 valence electrons. The monoisotopic (exact) mass is 1270 g/mol. The van der Waals surface area contributed by atoms with Crippen LogP contribution in [0.1, 0.15) is 380 Å². The van der Waals surface area contributed by atoms with E-state index in [1.54, 1.807) is 6.08 Å². The minimum atomic E-state index is -1.61. The Bertz CT molecular complexity index is 1650. The normalized spacial score (nSPS) is 18.2. The average molecular weight is 1270 g/mol. The summed E-state index contributed by atoms with van der Waals surface area (Å²) in [4.78, 5) is 26.8. The quantitative estimate of drug-likeness (QED) is 0.0195. The molecule has 11 heteroatoms. The van der Waals surface area contributed by atoms with Crippen molar-refractivity contribution in [1.82, 2.24) is 5.32 Å². The van der Waals surface area contributed by atoms with Crippen LogP contribution in [0.5, 0.6) is 0 Å². The highest BCUT2D eigenvalue weighted by Gasteiger charge is 2.47. The number of aliphatic hydroxyl groups is 5. The number of esters is 1. The molecule has 1 heterocycles. The minimum absolute atomic E-state index is 0.129. The summed E-state index contributed by atoms with van der Waals surface area (Å²) in [6.45, 7) is 5.83. The Morgan fingerprint density at radius 2 is 0.767 bits per heavy atom. The van der Waals surface area contributed by atoms with Crippen molar-refractivity contribution >= 4 is 11.9 Å². The Balaban J connectivity index is 2.50. The molecule has 1 aliphatic rings. The van der Waals surface area contributed by atoms with Crippen molar-refractivity contribution in [2.75, 3.05) is 13.2 Å². The summed E-state index contributed by atoms with van der Waals surface area (Å²) >= 11 is 0. The van der Waals surface area contributed by atoms with Crippen LogP contribution in [0.3, 0.4) is 0 Å². The molecule has 0 aromatic rings. The van der Waals surface area contributed by atoms with Gasteiger partial charge in [-0.05, 0) is 64.2 Å². The van der Waals surface area contributed by atoms with Crippen molar-refractivity contribution in [2.24, 2.45) is 0 Å². The molecule has 1 amide bonds. The largest absolute Gasteiger partial charge is 0.454 e. The smallest absolute Gasteiger partial charge is 0.306 e. The second-order valence-corrected chi connectivity index (χ2v) is 27.1. The summed E-state index contributed by atoms with van der Waals surface area (Å²) in [6, 6.07) is -1.02. The number of nitrogens with one attached hydrogen (secondary N) is 1. The van der Waals surface area contributed by atoms with E-state index in [9.17, 15) is 35.1 Å². The lowest BCUT2D eigenvalue weighted by molar-refractivity contribution is -0.305. The zero-order valence-corrected chi connectivity index (χ0v) is 59.0. The Hall–Kier alpha value is -2.38. The summed E-state index contributed by atoms with van der Waals surface area (Å²) in [6.07, 6.45) is 74.5. The van der Waals surface area contributed by atoms with Crippen molar-refractivity contribution in [3.05, 3.63) is 48.6 Å². The van der Waals surface area contributed by atoms with Crippen molar-refractivity contribution in [2.45, 2.75) is 429 Å². The zero-order valence-electron chi connectivity index (χ0n) is 59.0. The van der Waals surface area contributed by atoms with E-state index >= 15 is 0 Å². The van der Waals surface area contributed by atoms with Crippen molar-refractivity contribution in [1.29, 1.82) is 0 Å². The lowest BCUT2D eigenvalue weighted by Gasteiger charge is -2.41. The minimum Gasteiger partial charge on any atom is -0.454 e. The maximum Gasteiger partial charge on any atom is 0.306 e. The molecule has 1 aliphatic heterocycles. The van der Waals surface area contributed by atoms with E-state index in [1.807, 2.05) is 6.08 Å². The molecule has 0 radical (unpaired) electrons. The number of carbonyl (C=O) groups excluding carboxylic acids is 2. The van der Waals surface area contributed by atoms with Crippen LogP contribution in [0.2, 0.25) is 0 Å². The van der Waals surface area contributed by atoms with E-state index in [0.29, 0.717) is 19.3 Å². The van der Waals surface area contributed by atoms with Gasteiger partial charge in [0, 0.05) is 6.42 Å². The van der Waals surface area contributed by atoms with Crippen LogP contribution >= 0.6 is 0 Å². The predicted molar refractivity (Wildman–Crippen MR) is 380 cm³/mol. The highest BCUT2D eigenvalue weighted by atomic mass is 16.7. The number of allylic oxidation sites excluding steroid dienone is 7. The van der Waals surface area contributed by atoms with Crippen LogP contribution in [-0.4, -0.2) is 99.6 Å². The number of hydrogen-bond acceptors (Lipinski definition) is 10. The molecule has 6 N–H and O–H groups in total. The summed E-state index contributed by atoms with van der Waals surface area (Å²) in [5.41, 5.74) is 0. The van der Waals surface area contributed by atoms with Crippen LogP contribution in [0, 0.1) is 0 Å². The number of hydrogen-bond donors (Lipinski definition) is 6. The first-order valence-electron chi connectivity index (χ1n) is 38.9. The average Bonchev–Trinajstić information content (AvgIpc) is 1.11. The first-order valence-corrected chi connectivity index (χ1v) is 38.9. The molecule has 8 atom stereocenters. The van der Waals surface area contributed by atoms with Crippen molar-refractivity contribution < 1.29 is 49.3 Å². The van der Waals surface area contributed by atoms with E-state index in [0.717, 1.165) is 70.6 Å². The van der Waals surface area contributed by atoms with Gasteiger partial charge in [-0.1, -0.05) is 358 Å². The van der Waals surface area contributed by atoms with E-state index in [4.69, 9.17) is 14.2 Å². The number of unbranched alkanes of at least 4 members (excludes halogenated alkanes) is 48. The van der Waals surface area contributed by atoms with Gasteiger partial charge in [0.1, 0.15) is 24.4 Å². The van der Waals surface area contributed by atoms with Crippen LogP contribution in [0.15, 0.2) is 48.6 Å². The summed E-state index contributed by atoms with van der Waals surface area (Å²) in [5.74, 6) is -1.18. The van der Waals surface area contributed by atoms with E-state index < -0.39 is 67.4 Å². The predicted octanol–water partition coefficient (Wildman–Crippen LogP) is 20.7. The number of ether oxygens (including phenoxy) is 3. The van der Waals surface area contributed by atoms with Gasteiger partial charge >= 0.3 is 5.97 Å². The zero-order chi connectivity index (χ0) is 65.3. The standard InChI is InChI=1S/C79H147NO10/c1-4-7-10-13-16-19-22-25-27-29-31-33-35-36-37-39-40-42-44-46-48-51-54-57-60-63-66-72(83)78(87)80-70(71(82)65-62-59-56-53-50-24-21-18-15-12-9-6-3)69-88-79-77(76(86)75(85)73(68-81)89-79)90-74(84)67-64-61-58-55-52-49-47-45-43-41-38-34-32-30-28-26-23-20-17-14-11-8-5-2/h16,19,25,27,31,33,62,65,70-73,75-77,79,81-83,85-86H,4-15,17-18,20-24,26,28-30,32,34-61,63-64,66-69H2,1-3H3,(H,80,87)/b19-16-,27-25-,33-31-,65-62+. The summed E-state index contributed by atoms with van der Waals surface area (Å²) < 4.78 is 17.7. The molecule has 0 aromatic carbocycles. The SMILES string of the molecule is CCCCC/C=C\C/C=C\C/C=C\CCCCCCCCCCCCCCCC(O)C(=O)NC(COC1OC(CO)C(O)C(O)C1OC(=O)CCCCCCCCCCCCCCCCCCCCCCCCC)C(O)/C=C/CCCCCCCCCCCC. The topological polar surface area (TPSA) is 175 Å². The molecule has 8 unspecified atom stereocenters. The molecule has 1 fully saturated rings. The lowest BCUT2D eigenvalue weighted by Crippen LogP contribution is -2.61. The maximum absolute atomic E-state index is 13.5. The molecule has 0 aliphatic carbocycles. The van der Waals surface area contributed by atoms with Gasteiger partial charge in [0.05, 0.1) is 25.4 Å². The second kappa shape index (κ2) is 66.6. The van der Waals surface area contributed by atoms with Gasteiger partial charge in [0.2, 0.25) is 5.91 Å². The first kappa shape index (κ1) is 85.6. The van der Waals surface area contributed by atoms with Gasteiger partial charge in [0.25, 0.3) is 0 Å². The maximum atomic E-state index is 13.5. The number of amides is 1. The second-order valence-electron chi connectivity index (χ2n) is 27.1. The lowest BCUT2D eigenvalue weighted by atomic mass is 9.99. The third-order valence-corrected chi connectivity index (χ3v) is 18.5. The molecule has 1 saturated heterocycles. The third-order valence-electron chi connectivity index (χ3n) is 18.5. The molecule has 0 aromatic heterocycles. The number of rotatable bonds is 68. The Labute approximate surface area is 555 Å². The van der Waals surface area contributed by atoms with Gasteiger partial charge in [-0.15, -0.1) is 0 Å². The van der Waals surface area contributed by atoms with Gasteiger partial charge in [-0.25, -0.2) is 0 Å². The first-order chi connectivity index (χ1) is 44.2. The molecule has 11 nitrogen and oxygen atoms in total. The fourth-order valence-electron chi connectivity index (χ4n) is 12.4. The van der Waals surface area contributed by atoms with Crippen LogP contribution < -0.4 is 5.32 Å². The number of aliphatic hydroxyl groups excluding tert-OH is 5. The van der Waals surface area contributed by atoms with E-state index in [2.05, 4.69) is 62.5 Å². The highest BCUT2D eigenvalue weighted by molar-refractivity contribution is 5.80. The summed E-state index contributed by atoms with van der Waals surface area (Å²) in [5, 5.41) is 57.4. The number of carbonyl (C=O) groups is 2. The molecular formula is C79H147NO10. The molecule has 0 saturated carbocycles. The Kier molecular flexibility index (Phi) is 63.4. The Morgan fingerprint density at radius 1 is 0.433 bits per heavy atom. The Morgan fingerprint density at radius 3 is 1.17 bits per heavy atom. The van der Waals surface area contributed by atoms with E-state index in [1.165, 1.54) is 263 Å². The van der Waals surface area contributed by atoms with Gasteiger partial charge < -0.3 is 45.1 Å². The highest BCUT2D eigenvalue weighted by Crippen LogP contribution is 2.27. The van der Waals surface area contributed by atoms with Gasteiger partial charge in [0.15, 0.2) is 12.4 Å². The fourth-order valence-corrected chi connectivity index (χ4v) is 12.4. The molecule has 1 rings (SSSR count). The van der Waals surface area contributed by atoms with Gasteiger partial charge in [-0.3, -0.25) is 9.59 Å². The molecule has 90 heavy (non-hydrogen) atoms.